The first-order valence-corrected chi connectivity index (χ1v) is 6.77. The Morgan fingerprint density at radius 1 is 1.39 bits per heavy atom. The maximum atomic E-state index is 12.1. The van der Waals surface area contributed by atoms with Gasteiger partial charge in [-0.1, -0.05) is 30.2 Å². The number of nitrogens with one attached hydrogen (secondary N) is 1. The summed E-state index contributed by atoms with van der Waals surface area (Å²) >= 11 is 5.84. The van der Waals surface area contributed by atoms with Crippen LogP contribution in [0.5, 0.6) is 0 Å². The maximum absolute atomic E-state index is 12.1. The lowest BCUT2D eigenvalue weighted by Gasteiger charge is -2.20. The number of hydrogen-bond donors (Lipinski definition) is 2. The Labute approximate surface area is 113 Å². The normalized spacial score (nSPS) is 24.8. The van der Waals surface area contributed by atoms with Crippen molar-refractivity contribution < 1.29 is 4.79 Å². The summed E-state index contributed by atoms with van der Waals surface area (Å²) in [4.78, 5) is 12.1. The third-order valence-electron chi connectivity index (χ3n) is 3.63. The maximum Gasteiger partial charge on any atom is 0.225 e. The lowest BCUT2D eigenvalue weighted by Crippen LogP contribution is -2.39. The van der Waals surface area contributed by atoms with Crippen LogP contribution in [0.25, 0.3) is 0 Å². The number of hydrogen-bond acceptors (Lipinski definition) is 2. The van der Waals surface area contributed by atoms with Crippen molar-refractivity contribution in [2.45, 2.75) is 38.3 Å². The minimum atomic E-state index is -0.0280. The molecule has 3 atom stereocenters. The van der Waals surface area contributed by atoms with E-state index < -0.39 is 0 Å². The van der Waals surface area contributed by atoms with Crippen LogP contribution in [0.1, 0.15) is 37.8 Å². The summed E-state index contributed by atoms with van der Waals surface area (Å²) in [5, 5.41) is 3.73. The van der Waals surface area contributed by atoms with Crippen LogP contribution in [0, 0.1) is 5.92 Å². The van der Waals surface area contributed by atoms with E-state index in [9.17, 15) is 4.79 Å². The highest BCUT2D eigenvalue weighted by atomic mass is 35.5. The van der Waals surface area contributed by atoms with Gasteiger partial charge in [-0.05, 0) is 37.5 Å². The molecule has 4 heteroatoms. The molecule has 1 aromatic carbocycles. The Balaban J connectivity index is 1.96. The molecule has 0 spiro atoms. The van der Waals surface area contributed by atoms with Gasteiger partial charge in [0.25, 0.3) is 0 Å². The molecule has 1 aliphatic rings. The molecule has 0 bridgehead atoms. The van der Waals surface area contributed by atoms with Gasteiger partial charge < -0.3 is 11.1 Å². The lowest BCUT2D eigenvalue weighted by molar-refractivity contribution is -0.125. The highest BCUT2D eigenvalue weighted by Crippen LogP contribution is 2.25. The van der Waals surface area contributed by atoms with Crippen molar-refractivity contribution in [2.75, 3.05) is 0 Å². The fraction of sp³-hybridized carbons (Fsp3) is 0.500. The molecule has 1 saturated carbocycles. The van der Waals surface area contributed by atoms with Gasteiger partial charge in [0.15, 0.2) is 0 Å². The van der Waals surface area contributed by atoms with Gasteiger partial charge in [-0.15, -0.1) is 0 Å². The number of nitrogens with two attached hydrogens (primary N) is 1. The number of halogens is 1. The Hall–Kier alpha value is -1.06. The van der Waals surface area contributed by atoms with Crippen LogP contribution in [-0.4, -0.2) is 11.9 Å². The summed E-state index contributed by atoms with van der Waals surface area (Å²) in [5.74, 6) is 0.0437. The SMILES string of the molecule is CC(NC(=O)C1CCCC1N)c1ccc(Cl)cc1. The predicted octanol–water partition coefficient (Wildman–Crippen LogP) is 2.64. The zero-order chi connectivity index (χ0) is 13.1. The predicted molar refractivity (Wildman–Crippen MR) is 73.3 cm³/mol. The second kappa shape index (κ2) is 5.72. The van der Waals surface area contributed by atoms with Gasteiger partial charge in [-0.2, -0.15) is 0 Å². The largest absolute Gasteiger partial charge is 0.349 e. The van der Waals surface area contributed by atoms with Crippen LogP contribution in [0.3, 0.4) is 0 Å². The lowest BCUT2D eigenvalue weighted by atomic mass is 10.0. The molecule has 0 saturated heterocycles. The summed E-state index contributed by atoms with van der Waals surface area (Å²) in [6, 6.07) is 7.54. The van der Waals surface area contributed by atoms with Crippen molar-refractivity contribution in [1.82, 2.24) is 5.32 Å². The molecule has 3 N–H and O–H groups in total. The third-order valence-corrected chi connectivity index (χ3v) is 3.89. The van der Waals surface area contributed by atoms with E-state index in [-0.39, 0.29) is 23.9 Å². The zero-order valence-electron chi connectivity index (χ0n) is 10.5. The van der Waals surface area contributed by atoms with Gasteiger partial charge >= 0.3 is 0 Å². The van der Waals surface area contributed by atoms with Gasteiger partial charge in [-0.3, -0.25) is 4.79 Å². The number of rotatable bonds is 3. The molecule has 0 heterocycles. The van der Waals surface area contributed by atoms with Crippen molar-refractivity contribution in [3.63, 3.8) is 0 Å². The highest BCUT2D eigenvalue weighted by Gasteiger charge is 2.30. The van der Waals surface area contributed by atoms with Crippen molar-refractivity contribution in [3.05, 3.63) is 34.9 Å². The van der Waals surface area contributed by atoms with Crippen molar-refractivity contribution in [1.29, 1.82) is 0 Å². The van der Waals surface area contributed by atoms with E-state index in [0.717, 1.165) is 24.8 Å². The van der Waals surface area contributed by atoms with E-state index in [1.54, 1.807) is 0 Å². The molecule has 0 radical (unpaired) electrons. The van der Waals surface area contributed by atoms with Crippen LogP contribution >= 0.6 is 11.6 Å². The highest BCUT2D eigenvalue weighted by molar-refractivity contribution is 6.30. The average Bonchev–Trinajstić information content (AvgIpc) is 2.76. The van der Waals surface area contributed by atoms with Crippen LogP contribution in [0.2, 0.25) is 5.02 Å². The van der Waals surface area contributed by atoms with E-state index in [1.807, 2.05) is 31.2 Å². The quantitative estimate of drug-likeness (QED) is 0.884. The van der Waals surface area contributed by atoms with E-state index in [0.29, 0.717) is 5.02 Å². The van der Waals surface area contributed by atoms with E-state index in [2.05, 4.69) is 5.32 Å². The first-order chi connectivity index (χ1) is 8.58. The Morgan fingerprint density at radius 3 is 2.61 bits per heavy atom. The molecule has 3 unspecified atom stereocenters. The van der Waals surface area contributed by atoms with Crippen LogP contribution in [0.15, 0.2) is 24.3 Å². The Kier molecular flexibility index (Phi) is 4.25. The fourth-order valence-corrected chi connectivity index (χ4v) is 2.60. The summed E-state index contributed by atoms with van der Waals surface area (Å²) in [5.41, 5.74) is 6.99. The van der Waals surface area contributed by atoms with Gasteiger partial charge in [0, 0.05) is 11.1 Å². The van der Waals surface area contributed by atoms with Crippen molar-refractivity contribution >= 4 is 17.5 Å². The van der Waals surface area contributed by atoms with E-state index in [1.165, 1.54) is 0 Å². The molecule has 2 rings (SSSR count). The summed E-state index contributed by atoms with van der Waals surface area (Å²) in [6.45, 7) is 1.97. The molecule has 1 aliphatic carbocycles. The monoisotopic (exact) mass is 266 g/mol. The van der Waals surface area contributed by atoms with Gasteiger partial charge in [-0.25, -0.2) is 0 Å². The second-order valence-corrected chi connectivity index (χ2v) is 5.42. The summed E-state index contributed by atoms with van der Waals surface area (Å²) in [6.07, 6.45) is 2.91. The van der Waals surface area contributed by atoms with Gasteiger partial charge in [0.2, 0.25) is 5.91 Å². The topological polar surface area (TPSA) is 55.1 Å². The van der Waals surface area contributed by atoms with Crippen LogP contribution in [0.4, 0.5) is 0 Å². The van der Waals surface area contributed by atoms with E-state index in [4.69, 9.17) is 17.3 Å². The molecule has 0 aromatic heterocycles. The van der Waals surface area contributed by atoms with Crippen molar-refractivity contribution in [2.24, 2.45) is 11.7 Å². The molecule has 1 amide bonds. The molecule has 1 aromatic rings. The molecular formula is C14H19ClN2O. The smallest absolute Gasteiger partial charge is 0.225 e. The van der Waals surface area contributed by atoms with Crippen LogP contribution in [-0.2, 0) is 4.79 Å². The fourth-order valence-electron chi connectivity index (χ4n) is 2.47. The number of benzene rings is 1. The van der Waals surface area contributed by atoms with Crippen molar-refractivity contribution in [3.8, 4) is 0 Å². The third kappa shape index (κ3) is 3.03. The standard InChI is InChI=1S/C14H19ClN2O/c1-9(10-5-7-11(15)8-6-10)17-14(18)12-3-2-4-13(12)16/h5-9,12-13H,2-4,16H2,1H3,(H,17,18). The summed E-state index contributed by atoms with van der Waals surface area (Å²) < 4.78 is 0. The van der Waals surface area contributed by atoms with Gasteiger partial charge in [0.05, 0.1) is 12.0 Å². The molecule has 3 nitrogen and oxygen atoms in total. The zero-order valence-corrected chi connectivity index (χ0v) is 11.3. The molecule has 1 fully saturated rings. The second-order valence-electron chi connectivity index (χ2n) is 4.98. The van der Waals surface area contributed by atoms with E-state index >= 15 is 0 Å². The first-order valence-electron chi connectivity index (χ1n) is 6.39. The molecule has 98 valence electrons. The minimum Gasteiger partial charge on any atom is -0.349 e. The summed E-state index contributed by atoms with van der Waals surface area (Å²) in [7, 11) is 0. The molecular weight excluding hydrogens is 248 g/mol. The first kappa shape index (κ1) is 13.4. The number of amides is 1. The molecule has 0 aliphatic heterocycles. The average molecular weight is 267 g/mol. The Bertz CT molecular complexity index is 418. The number of carbonyl (C=O) groups is 1. The number of carbonyl (C=O) groups excluding carboxylic acids is 1. The van der Waals surface area contributed by atoms with Crippen LogP contribution < -0.4 is 11.1 Å². The molecule has 18 heavy (non-hydrogen) atoms. The van der Waals surface area contributed by atoms with Gasteiger partial charge in [0.1, 0.15) is 0 Å². The minimum absolute atomic E-state index is 0.0115. The Morgan fingerprint density at radius 2 is 2.06 bits per heavy atom.